The number of rotatable bonds is 2. The number of allylic oxidation sites excluding steroid dienone is 8. The predicted octanol–water partition coefficient (Wildman–Crippen LogP) is 5.08. The van der Waals surface area contributed by atoms with Crippen molar-refractivity contribution < 1.29 is 21.1 Å². The van der Waals surface area contributed by atoms with Gasteiger partial charge in [-0.3, -0.25) is 12.2 Å². The summed E-state index contributed by atoms with van der Waals surface area (Å²) in [5.74, 6) is 1.32. The van der Waals surface area contributed by atoms with Crippen LogP contribution in [0, 0.1) is 24.0 Å². The molecule has 0 aliphatic heterocycles. The Labute approximate surface area is 133 Å². The zero-order valence-corrected chi connectivity index (χ0v) is 15.4. The molecule has 0 saturated heterocycles. The van der Waals surface area contributed by atoms with Crippen molar-refractivity contribution in [2.45, 2.75) is 40.5 Å². The Balaban J connectivity index is 0. The third-order valence-corrected chi connectivity index (χ3v) is 2.69. The van der Waals surface area contributed by atoms with E-state index in [9.17, 15) is 0 Å². The van der Waals surface area contributed by atoms with Crippen molar-refractivity contribution in [2.24, 2.45) is 11.8 Å². The van der Waals surface area contributed by atoms with Crippen LogP contribution in [0.3, 0.4) is 0 Å². The van der Waals surface area contributed by atoms with Crippen molar-refractivity contribution in [3.05, 3.63) is 47.6 Å². The summed E-state index contributed by atoms with van der Waals surface area (Å²) in [5, 5.41) is 0. The van der Waals surface area contributed by atoms with Crippen LogP contribution in [0.5, 0.6) is 0 Å². The Bertz CT molecular complexity index is 299. The first-order valence-electron chi connectivity index (χ1n) is 6.15. The van der Waals surface area contributed by atoms with Crippen molar-refractivity contribution in [1.82, 2.24) is 0 Å². The molecule has 0 aromatic heterocycles. The molecule has 0 unspecified atom stereocenters. The summed E-state index contributed by atoms with van der Waals surface area (Å²) in [6, 6.07) is 0. The van der Waals surface area contributed by atoms with E-state index in [1.54, 1.807) is 0 Å². The third-order valence-electron chi connectivity index (χ3n) is 2.69. The van der Waals surface area contributed by atoms with Crippen LogP contribution in [0.15, 0.2) is 35.5 Å². The van der Waals surface area contributed by atoms with Gasteiger partial charge in [0, 0.05) is 0 Å². The van der Waals surface area contributed by atoms with E-state index in [0.717, 1.165) is 12.8 Å². The van der Waals surface area contributed by atoms with Gasteiger partial charge in [0.05, 0.1) is 0 Å². The van der Waals surface area contributed by atoms with E-state index in [2.05, 4.69) is 64.2 Å². The minimum absolute atomic E-state index is 0. The van der Waals surface area contributed by atoms with Crippen LogP contribution in [-0.4, -0.2) is 0 Å². The molecule has 2 heteroatoms. The Morgan fingerprint density at radius 2 is 1.17 bits per heavy atom. The Morgan fingerprint density at radius 1 is 0.833 bits per heavy atom. The molecule has 0 spiro atoms. The van der Waals surface area contributed by atoms with Crippen LogP contribution in [0.2, 0.25) is 0 Å². The molecule has 0 saturated carbocycles. The van der Waals surface area contributed by atoms with E-state index in [4.69, 9.17) is 0 Å². The van der Waals surface area contributed by atoms with Crippen molar-refractivity contribution in [2.75, 3.05) is 0 Å². The van der Waals surface area contributed by atoms with E-state index in [0.29, 0.717) is 11.8 Å². The molecular formula is C16H23ClW. The van der Waals surface area contributed by atoms with Crippen LogP contribution in [-0.2, 0) is 21.1 Å². The maximum absolute atomic E-state index is 3.26. The molecule has 2 rings (SSSR count). The fourth-order valence-electron chi connectivity index (χ4n) is 1.64. The maximum Gasteiger partial charge on any atom is 2.00 e. The average molecular weight is 435 g/mol. The molecule has 0 fully saturated rings. The van der Waals surface area contributed by atoms with Crippen molar-refractivity contribution in [3.63, 3.8) is 0 Å². The van der Waals surface area contributed by atoms with Gasteiger partial charge in [-0.2, -0.15) is 12.2 Å². The first-order chi connectivity index (χ1) is 7.61. The van der Waals surface area contributed by atoms with E-state index < -0.39 is 0 Å². The Hall–Kier alpha value is -0.0617. The van der Waals surface area contributed by atoms with E-state index in [1.165, 1.54) is 11.1 Å². The summed E-state index contributed by atoms with van der Waals surface area (Å²) < 4.78 is 0. The predicted molar refractivity (Wildman–Crippen MR) is 78.0 cm³/mol. The first-order valence-corrected chi connectivity index (χ1v) is 6.15. The fourth-order valence-corrected chi connectivity index (χ4v) is 1.64. The molecule has 0 aromatic carbocycles. The van der Waals surface area contributed by atoms with Gasteiger partial charge in [-0.1, -0.05) is 39.5 Å². The maximum atomic E-state index is 3.26. The quantitative estimate of drug-likeness (QED) is 0.532. The second-order valence-electron chi connectivity index (χ2n) is 4.79. The second-order valence-corrected chi connectivity index (χ2v) is 4.79. The monoisotopic (exact) mass is 434 g/mol. The van der Waals surface area contributed by atoms with E-state index >= 15 is 0 Å². The number of hydrogen-bond donors (Lipinski definition) is 0. The average Bonchev–Trinajstić information content (AvgIpc) is 2.93. The molecule has 0 nitrogen and oxygen atoms in total. The molecule has 100 valence electrons. The van der Waals surface area contributed by atoms with Crippen LogP contribution < -0.4 is 0 Å². The largest absolute Gasteiger partial charge is 2.00 e. The molecular weight excluding hydrogens is 411 g/mol. The zero-order valence-electron chi connectivity index (χ0n) is 11.7. The molecule has 0 N–H and O–H groups in total. The zero-order chi connectivity index (χ0) is 12.0. The van der Waals surface area contributed by atoms with E-state index in [-0.39, 0.29) is 33.5 Å². The minimum atomic E-state index is 0. The molecule has 2 aliphatic carbocycles. The van der Waals surface area contributed by atoms with Gasteiger partial charge in [0.1, 0.15) is 0 Å². The van der Waals surface area contributed by atoms with Gasteiger partial charge in [0.25, 0.3) is 0 Å². The minimum Gasteiger partial charge on any atom is -0.269 e. The molecule has 18 heavy (non-hydrogen) atoms. The van der Waals surface area contributed by atoms with E-state index in [1.807, 2.05) is 0 Å². The summed E-state index contributed by atoms with van der Waals surface area (Å²) in [7, 11) is 0. The molecule has 0 radical (unpaired) electrons. The van der Waals surface area contributed by atoms with Crippen LogP contribution in [0.4, 0.5) is 0 Å². The van der Waals surface area contributed by atoms with Gasteiger partial charge in [0.15, 0.2) is 0 Å². The molecule has 0 bridgehead atoms. The fraction of sp³-hybridized carbons (Fsp3) is 0.500. The van der Waals surface area contributed by atoms with Crippen molar-refractivity contribution in [1.29, 1.82) is 0 Å². The summed E-state index contributed by atoms with van der Waals surface area (Å²) in [5.41, 5.74) is 2.73. The van der Waals surface area contributed by atoms with Gasteiger partial charge in [-0.15, -0.1) is 25.2 Å². The van der Waals surface area contributed by atoms with Gasteiger partial charge in [0.2, 0.25) is 0 Å². The van der Waals surface area contributed by atoms with Crippen LogP contribution in [0.1, 0.15) is 40.5 Å². The smallest absolute Gasteiger partial charge is 0.269 e. The summed E-state index contributed by atoms with van der Waals surface area (Å²) in [6.07, 6.45) is 17.2. The second kappa shape index (κ2) is 10.8. The first kappa shape index (κ1) is 20.3. The van der Waals surface area contributed by atoms with Crippen LogP contribution >= 0.6 is 12.4 Å². The Kier molecular flexibility index (Phi) is 12.2. The number of hydrogen-bond acceptors (Lipinski definition) is 0. The van der Waals surface area contributed by atoms with Crippen molar-refractivity contribution in [3.8, 4) is 0 Å². The number of halogens is 1. The molecule has 0 heterocycles. The SMILES string of the molecule is CC(C)C1=[C-]CC=C1.CC(C)C1=[C-]CC=C1.Cl.[W+2]. The summed E-state index contributed by atoms with van der Waals surface area (Å²) in [6.45, 7) is 8.77. The van der Waals surface area contributed by atoms with Crippen molar-refractivity contribution >= 4 is 12.4 Å². The summed E-state index contributed by atoms with van der Waals surface area (Å²) >= 11 is 0. The third kappa shape index (κ3) is 7.39. The summed E-state index contributed by atoms with van der Waals surface area (Å²) in [4.78, 5) is 0. The van der Waals surface area contributed by atoms with Gasteiger partial charge in [-0.05, 0) is 0 Å². The molecule has 0 atom stereocenters. The molecule has 0 aromatic rings. The molecule has 2 aliphatic rings. The van der Waals surface area contributed by atoms with Gasteiger partial charge in [-0.25, -0.2) is 23.3 Å². The standard InChI is InChI=1S/2C8H11.ClH.W/c2*1-7(2)8-5-3-4-6-8;;/h2*3,5,7H,4H2,1-2H3;1H;/q2*-1;;+2. The van der Waals surface area contributed by atoms with Gasteiger partial charge < -0.3 is 0 Å². The Morgan fingerprint density at radius 3 is 1.28 bits per heavy atom. The normalized spacial score (nSPS) is 15.7. The molecule has 0 amide bonds. The van der Waals surface area contributed by atoms with Gasteiger partial charge >= 0.3 is 21.1 Å². The topological polar surface area (TPSA) is 0 Å². The van der Waals surface area contributed by atoms with Crippen LogP contribution in [0.25, 0.3) is 0 Å².